The molecule has 1 N–H and O–H groups in total. The van der Waals surface area contributed by atoms with E-state index in [9.17, 15) is 0 Å². The Hall–Kier alpha value is -1.75. The quantitative estimate of drug-likeness (QED) is 0.823. The molecule has 5 nitrogen and oxygen atoms in total. The van der Waals surface area contributed by atoms with E-state index in [1.54, 1.807) is 7.11 Å². The Kier molecular flexibility index (Phi) is 3.82. The van der Waals surface area contributed by atoms with E-state index in [1.807, 2.05) is 34.9 Å². The largest absolute Gasteiger partial charge is 0.383 e. The molecule has 0 fully saturated rings. The molecule has 0 atom stereocenters. The first-order valence-electron chi connectivity index (χ1n) is 5.64. The van der Waals surface area contributed by atoms with Crippen molar-refractivity contribution >= 4 is 5.69 Å². The van der Waals surface area contributed by atoms with Crippen LogP contribution in [0.3, 0.4) is 0 Å². The van der Waals surface area contributed by atoms with Gasteiger partial charge in [0.05, 0.1) is 25.0 Å². The average molecular weight is 234 g/mol. The molecule has 0 bridgehead atoms. The molecule has 0 spiro atoms. The Bertz CT molecular complexity index is 461. The van der Waals surface area contributed by atoms with E-state index in [1.165, 1.54) is 5.56 Å². The zero-order valence-corrected chi connectivity index (χ0v) is 10.3. The number of aryl methyl sites for hydroxylation is 1. The van der Waals surface area contributed by atoms with Gasteiger partial charge in [0.2, 0.25) is 0 Å². The SMILES string of the molecule is COCCn1cc(NCc2ccn(C)c2)cn1. The van der Waals surface area contributed by atoms with Crippen LogP contribution in [0.4, 0.5) is 5.69 Å². The predicted octanol–water partition coefficient (Wildman–Crippen LogP) is 1.48. The molecular weight excluding hydrogens is 216 g/mol. The van der Waals surface area contributed by atoms with Crippen LogP contribution >= 0.6 is 0 Å². The maximum atomic E-state index is 5.00. The van der Waals surface area contributed by atoms with Crippen LogP contribution in [0, 0.1) is 0 Å². The van der Waals surface area contributed by atoms with Gasteiger partial charge in [0.15, 0.2) is 0 Å². The Morgan fingerprint density at radius 2 is 2.29 bits per heavy atom. The number of aromatic nitrogens is 3. The van der Waals surface area contributed by atoms with Crippen LogP contribution in [0.5, 0.6) is 0 Å². The molecule has 17 heavy (non-hydrogen) atoms. The molecule has 0 radical (unpaired) electrons. The van der Waals surface area contributed by atoms with Gasteiger partial charge in [0.1, 0.15) is 0 Å². The standard InChI is InChI=1S/C12H18N4O/c1-15-4-3-11(9-15)7-13-12-8-14-16(10-12)5-6-17-2/h3-4,8-10,13H,5-7H2,1-2H3. The third kappa shape index (κ3) is 3.35. The molecule has 0 aliphatic carbocycles. The monoisotopic (exact) mass is 234 g/mol. The molecule has 0 aliphatic rings. The van der Waals surface area contributed by atoms with Crippen molar-refractivity contribution in [2.45, 2.75) is 13.1 Å². The number of anilines is 1. The van der Waals surface area contributed by atoms with Gasteiger partial charge in [0.25, 0.3) is 0 Å². The van der Waals surface area contributed by atoms with Crippen molar-refractivity contribution < 1.29 is 4.74 Å². The predicted molar refractivity (Wildman–Crippen MR) is 66.8 cm³/mol. The molecule has 0 aromatic carbocycles. The Labute approximate surface area is 101 Å². The third-order valence-corrected chi connectivity index (χ3v) is 2.55. The van der Waals surface area contributed by atoms with Crippen LogP contribution in [-0.2, 0) is 24.9 Å². The summed E-state index contributed by atoms with van der Waals surface area (Å²) in [6.45, 7) is 2.28. The van der Waals surface area contributed by atoms with Crippen molar-refractivity contribution in [3.8, 4) is 0 Å². The van der Waals surface area contributed by atoms with E-state index in [0.717, 1.165) is 18.8 Å². The van der Waals surface area contributed by atoms with E-state index in [0.29, 0.717) is 6.61 Å². The van der Waals surface area contributed by atoms with Gasteiger partial charge in [-0.3, -0.25) is 4.68 Å². The van der Waals surface area contributed by atoms with Crippen molar-refractivity contribution in [2.24, 2.45) is 7.05 Å². The van der Waals surface area contributed by atoms with Crippen LogP contribution in [0.15, 0.2) is 30.9 Å². The number of methoxy groups -OCH3 is 1. The van der Waals surface area contributed by atoms with E-state index in [2.05, 4.69) is 22.7 Å². The van der Waals surface area contributed by atoms with Gasteiger partial charge in [0, 0.05) is 39.3 Å². The van der Waals surface area contributed by atoms with Crippen LogP contribution in [0.2, 0.25) is 0 Å². The molecule has 0 unspecified atom stereocenters. The van der Waals surface area contributed by atoms with Crippen LogP contribution in [-0.4, -0.2) is 28.1 Å². The maximum Gasteiger partial charge on any atom is 0.0729 e. The molecule has 0 saturated heterocycles. The summed E-state index contributed by atoms with van der Waals surface area (Å²) >= 11 is 0. The Morgan fingerprint density at radius 3 is 3.00 bits per heavy atom. The highest BCUT2D eigenvalue weighted by molar-refractivity contribution is 5.38. The van der Waals surface area contributed by atoms with E-state index in [-0.39, 0.29) is 0 Å². The lowest BCUT2D eigenvalue weighted by Gasteiger charge is -2.01. The maximum absolute atomic E-state index is 5.00. The first kappa shape index (κ1) is 11.7. The van der Waals surface area contributed by atoms with Gasteiger partial charge in [-0.15, -0.1) is 0 Å². The fraction of sp³-hybridized carbons (Fsp3) is 0.417. The lowest BCUT2D eigenvalue weighted by molar-refractivity contribution is 0.183. The molecule has 2 aromatic rings. The minimum absolute atomic E-state index is 0.680. The smallest absolute Gasteiger partial charge is 0.0729 e. The second-order valence-electron chi connectivity index (χ2n) is 4.02. The molecule has 2 rings (SSSR count). The number of rotatable bonds is 6. The molecule has 92 valence electrons. The molecule has 2 heterocycles. The number of hydrogen-bond acceptors (Lipinski definition) is 3. The van der Waals surface area contributed by atoms with E-state index >= 15 is 0 Å². The Morgan fingerprint density at radius 1 is 1.41 bits per heavy atom. The molecule has 0 amide bonds. The van der Waals surface area contributed by atoms with Crippen LogP contribution < -0.4 is 5.32 Å². The first-order chi connectivity index (χ1) is 8.28. The second-order valence-corrected chi connectivity index (χ2v) is 4.02. The molecule has 0 saturated carbocycles. The fourth-order valence-electron chi connectivity index (χ4n) is 1.63. The minimum atomic E-state index is 0.680. The zero-order chi connectivity index (χ0) is 12.1. The topological polar surface area (TPSA) is 44.0 Å². The van der Waals surface area contributed by atoms with Crippen molar-refractivity contribution in [1.82, 2.24) is 14.3 Å². The van der Waals surface area contributed by atoms with Crippen molar-refractivity contribution in [2.75, 3.05) is 19.0 Å². The summed E-state index contributed by atoms with van der Waals surface area (Å²) in [4.78, 5) is 0. The Balaban J connectivity index is 1.84. The van der Waals surface area contributed by atoms with Gasteiger partial charge in [-0.05, 0) is 11.6 Å². The van der Waals surface area contributed by atoms with Crippen LogP contribution in [0.1, 0.15) is 5.56 Å². The minimum Gasteiger partial charge on any atom is -0.383 e. The highest BCUT2D eigenvalue weighted by Gasteiger charge is 1.99. The number of nitrogens with one attached hydrogen (secondary N) is 1. The second kappa shape index (κ2) is 5.54. The summed E-state index contributed by atoms with van der Waals surface area (Å²) in [7, 11) is 3.71. The fourth-order valence-corrected chi connectivity index (χ4v) is 1.63. The molecule has 5 heteroatoms. The summed E-state index contributed by atoms with van der Waals surface area (Å²) in [6, 6.07) is 2.10. The molecular formula is C12H18N4O. The summed E-state index contributed by atoms with van der Waals surface area (Å²) in [5.74, 6) is 0. The zero-order valence-electron chi connectivity index (χ0n) is 10.3. The first-order valence-corrected chi connectivity index (χ1v) is 5.64. The van der Waals surface area contributed by atoms with Crippen molar-refractivity contribution in [1.29, 1.82) is 0 Å². The summed E-state index contributed by atoms with van der Waals surface area (Å²) < 4.78 is 8.92. The average Bonchev–Trinajstić information content (AvgIpc) is 2.93. The summed E-state index contributed by atoms with van der Waals surface area (Å²) in [5.41, 5.74) is 2.29. The highest BCUT2D eigenvalue weighted by atomic mass is 16.5. The van der Waals surface area contributed by atoms with Crippen molar-refractivity contribution in [3.63, 3.8) is 0 Å². The molecule has 0 aliphatic heterocycles. The normalized spacial score (nSPS) is 10.7. The lowest BCUT2D eigenvalue weighted by atomic mass is 10.3. The van der Waals surface area contributed by atoms with E-state index < -0.39 is 0 Å². The van der Waals surface area contributed by atoms with Gasteiger partial charge in [-0.25, -0.2) is 0 Å². The molecule has 2 aromatic heterocycles. The van der Waals surface area contributed by atoms with Gasteiger partial charge < -0.3 is 14.6 Å². The number of hydrogen-bond donors (Lipinski definition) is 1. The third-order valence-electron chi connectivity index (χ3n) is 2.55. The number of ether oxygens (including phenoxy) is 1. The van der Waals surface area contributed by atoms with Gasteiger partial charge in [-0.2, -0.15) is 5.10 Å². The summed E-state index contributed by atoms with van der Waals surface area (Å²) in [6.07, 6.45) is 7.96. The lowest BCUT2D eigenvalue weighted by Crippen LogP contribution is -2.04. The van der Waals surface area contributed by atoms with Gasteiger partial charge in [-0.1, -0.05) is 0 Å². The highest BCUT2D eigenvalue weighted by Crippen LogP contribution is 2.08. The van der Waals surface area contributed by atoms with Crippen molar-refractivity contribution in [3.05, 3.63) is 36.4 Å². The van der Waals surface area contributed by atoms with E-state index in [4.69, 9.17) is 4.74 Å². The summed E-state index contributed by atoms with van der Waals surface area (Å²) in [5, 5.41) is 7.57. The van der Waals surface area contributed by atoms with Crippen LogP contribution in [0.25, 0.3) is 0 Å². The number of nitrogens with zero attached hydrogens (tertiary/aromatic N) is 3. The van der Waals surface area contributed by atoms with Gasteiger partial charge >= 0.3 is 0 Å².